The molecule has 2 aromatic rings. The number of thioether (sulfide) groups is 1. The van der Waals surface area contributed by atoms with Crippen LogP contribution in [0, 0.1) is 30.9 Å². The van der Waals surface area contributed by atoms with Crippen molar-refractivity contribution >= 4 is 34.7 Å². The van der Waals surface area contributed by atoms with Gasteiger partial charge in [-0.15, -0.1) is 0 Å². The molecule has 1 atom stereocenters. The van der Waals surface area contributed by atoms with E-state index in [0.29, 0.717) is 18.6 Å². The van der Waals surface area contributed by atoms with Crippen LogP contribution in [0.15, 0.2) is 34.8 Å². The van der Waals surface area contributed by atoms with E-state index in [2.05, 4.69) is 12.2 Å². The zero-order valence-electron chi connectivity index (χ0n) is 22.9. The number of carbonyl (C=O) groups excluding carboxylic acids is 2. The Labute approximate surface area is 231 Å². The van der Waals surface area contributed by atoms with E-state index in [1.807, 2.05) is 40.7 Å². The van der Waals surface area contributed by atoms with Crippen molar-refractivity contribution in [3.63, 3.8) is 0 Å². The normalized spacial score (nSPS) is 19.3. The molecule has 2 aliphatic rings. The number of fused-ring (bicyclic) bond motifs is 1. The van der Waals surface area contributed by atoms with E-state index in [0.717, 1.165) is 51.9 Å². The molecule has 0 bridgehead atoms. The van der Waals surface area contributed by atoms with Crippen LogP contribution in [0.4, 0.5) is 10.5 Å². The van der Waals surface area contributed by atoms with E-state index in [4.69, 9.17) is 14.2 Å². The number of nitrogens with one attached hydrogen (secondary N) is 1. The number of hydrogen-bond donors (Lipinski definition) is 1. The summed E-state index contributed by atoms with van der Waals surface area (Å²) < 4.78 is 18.6. The molecule has 206 valence electrons. The molecule has 0 saturated carbocycles. The predicted molar refractivity (Wildman–Crippen MR) is 151 cm³/mol. The highest BCUT2D eigenvalue weighted by atomic mass is 32.2. The third-order valence-corrected chi connectivity index (χ3v) is 7.75. The van der Waals surface area contributed by atoms with Gasteiger partial charge in [-0.3, -0.25) is 25.0 Å². The molecular weight excluding hydrogens is 520 g/mol. The fourth-order valence-electron chi connectivity index (χ4n) is 4.58. The highest BCUT2D eigenvalue weighted by molar-refractivity contribution is 8.18. The van der Waals surface area contributed by atoms with E-state index in [1.54, 1.807) is 6.07 Å². The first kappa shape index (κ1) is 28.2. The SMILES string of the molecule is CC(C)=CCOc1c(C)c(C)c2c(c1C)CCC(C)(COc1ccc(/C=C3\SC(=O)NC3=O)cc1[N+](=O)[O-])O2. The van der Waals surface area contributed by atoms with E-state index in [-0.39, 0.29) is 22.9 Å². The second-order valence-corrected chi connectivity index (χ2v) is 11.3. The molecule has 39 heavy (non-hydrogen) atoms. The average molecular weight is 553 g/mol. The van der Waals surface area contributed by atoms with E-state index >= 15 is 0 Å². The number of ether oxygens (including phenoxy) is 3. The lowest BCUT2D eigenvalue weighted by atomic mass is 9.87. The number of allylic oxidation sites excluding steroid dienone is 1. The summed E-state index contributed by atoms with van der Waals surface area (Å²) in [4.78, 5) is 34.7. The smallest absolute Gasteiger partial charge is 0.311 e. The van der Waals surface area contributed by atoms with Gasteiger partial charge in [-0.1, -0.05) is 11.6 Å². The summed E-state index contributed by atoms with van der Waals surface area (Å²) in [6.07, 6.45) is 4.91. The van der Waals surface area contributed by atoms with Crippen molar-refractivity contribution in [2.24, 2.45) is 0 Å². The molecule has 1 unspecified atom stereocenters. The molecule has 1 saturated heterocycles. The number of nitro groups is 1. The number of nitrogens with zero attached hydrogens (tertiary/aromatic N) is 1. The first-order chi connectivity index (χ1) is 18.4. The molecular formula is C29H32N2O7S. The van der Waals surface area contributed by atoms with Crippen molar-refractivity contribution in [2.45, 2.75) is 60.0 Å². The maximum absolute atomic E-state index is 11.8. The van der Waals surface area contributed by atoms with Crippen molar-refractivity contribution < 1.29 is 28.7 Å². The largest absolute Gasteiger partial charge is 0.489 e. The number of benzene rings is 2. The molecule has 10 heteroatoms. The number of rotatable bonds is 8. The fourth-order valence-corrected chi connectivity index (χ4v) is 5.27. The third-order valence-electron chi connectivity index (χ3n) is 6.94. The van der Waals surface area contributed by atoms with Crippen LogP contribution in [0.3, 0.4) is 0 Å². The van der Waals surface area contributed by atoms with Crippen LogP contribution in [0.5, 0.6) is 17.2 Å². The Morgan fingerprint density at radius 1 is 1.18 bits per heavy atom. The minimum Gasteiger partial charge on any atom is -0.489 e. The van der Waals surface area contributed by atoms with Crippen molar-refractivity contribution in [1.29, 1.82) is 0 Å². The zero-order valence-corrected chi connectivity index (χ0v) is 23.7. The third kappa shape index (κ3) is 6.11. The summed E-state index contributed by atoms with van der Waals surface area (Å²) in [7, 11) is 0. The van der Waals surface area contributed by atoms with Crippen LogP contribution in [0.2, 0.25) is 0 Å². The van der Waals surface area contributed by atoms with Crippen LogP contribution < -0.4 is 19.5 Å². The number of imide groups is 1. The van der Waals surface area contributed by atoms with E-state index in [1.165, 1.54) is 23.8 Å². The van der Waals surface area contributed by atoms with Crippen LogP contribution in [0.25, 0.3) is 6.08 Å². The van der Waals surface area contributed by atoms with Crippen molar-refractivity contribution in [2.75, 3.05) is 13.2 Å². The summed E-state index contributed by atoms with van der Waals surface area (Å²) in [6, 6.07) is 4.44. The Bertz CT molecular complexity index is 1430. The van der Waals surface area contributed by atoms with Gasteiger partial charge in [-0.25, -0.2) is 0 Å². The summed E-state index contributed by atoms with van der Waals surface area (Å²) in [5, 5.41) is 13.5. The minimum atomic E-state index is -0.700. The number of carbonyl (C=O) groups is 2. The van der Waals surface area contributed by atoms with Crippen LogP contribution in [-0.4, -0.2) is 34.9 Å². The van der Waals surface area contributed by atoms with Gasteiger partial charge < -0.3 is 14.2 Å². The Morgan fingerprint density at radius 2 is 1.92 bits per heavy atom. The lowest BCUT2D eigenvalue weighted by Gasteiger charge is -2.37. The maximum atomic E-state index is 11.8. The van der Waals surface area contributed by atoms with Gasteiger partial charge in [0.15, 0.2) is 5.75 Å². The molecule has 2 heterocycles. The molecule has 4 rings (SSSR count). The molecule has 2 aromatic carbocycles. The number of amides is 2. The second-order valence-electron chi connectivity index (χ2n) is 10.3. The summed E-state index contributed by atoms with van der Waals surface area (Å²) in [6.45, 7) is 12.7. The predicted octanol–water partition coefficient (Wildman–Crippen LogP) is 6.35. The highest BCUT2D eigenvalue weighted by Crippen LogP contribution is 2.44. The van der Waals surface area contributed by atoms with Gasteiger partial charge in [0.05, 0.1) is 9.83 Å². The van der Waals surface area contributed by atoms with Crippen LogP contribution >= 0.6 is 11.8 Å². The monoisotopic (exact) mass is 552 g/mol. The Hall–Kier alpha value is -3.79. The Kier molecular flexibility index (Phi) is 8.06. The summed E-state index contributed by atoms with van der Waals surface area (Å²) >= 11 is 0.752. The lowest BCUT2D eigenvalue weighted by Crippen LogP contribution is -2.42. The first-order valence-corrected chi connectivity index (χ1v) is 13.4. The summed E-state index contributed by atoms with van der Waals surface area (Å²) in [5.41, 5.74) is 4.88. The molecule has 2 aliphatic heterocycles. The van der Waals surface area contributed by atoms with E-state index < -0.39 is 21.7 Å². The number of nitro benzene ring substituents is 1. The molecule has 0 radical (unpaired) electrons. The molecule has 2 amide bonds. The van der Waals surface area contributed by atoms with Crippen LogP contribution in [0.1, 0.15) is 55.0 Å². The molecule has 1 N–H and O–H groups in total. The second kappa shape index (κ2) is 11.1. The number of hydrogen-bond acceptors (Lipinski definition) is 8. The molecule has 0 spiro atoms. The standard InChI is InChI=1S/C29H32N2O7S/c1-16(2)10-12-36-25-17(3)18(4)26-21(19(25)5)9-11-29(6,38-26)15-37-23-8-7-20(13-22(23)31(34)35)14-24-27(32)30-28(33)39-24/h7-8,10,13-14H,9,11-12,15H2,1-6H3,(H,30,32,33)/b24-14-. The van der Waals surface area contributed by atoms with Gasteiger partial charge in [0, 0.05) is 11.6 Å². The average Bonchev–Trinajstić information content (AvgIpc) is 3.19. The topological polar surface area (TPSA) is 117 Å². The van der Waals surface area contributed by atoms with Gasteiger partial charge in [0.25, 0.3) is 11.1 Å². The first-order valence-electron chi connectivity index (χ1n) is 12.6. The Balaban J connectivity index is 1.53. The van der Waals surface area contributed by atoms with Gasteiger partial charge in [0.1, 0.15) is 30.3 Å². The molecule has 0 aliphatic carbocycles. The summed E-state index contributed by atoms with van der Waals surface area (Å²) in [5.74, 6) is 1.28. The van der Waals surface area contributed by atoms with Crippen LogP contribution in [-0.2, 0) is 11.2 Å². The van der Waals surface area contributed by atoms with Crippen molar-refractivity contribution in [1.82, 2.24) is 5.32 Å². The lowest BCUT2D eigenvalue weighted by molar-refractivity contribution is -0.386. The van der Waals surface area contributed by atoms with E-state index in [9.17, 15) is 19.7 Å². The van der Waals surface area contributed by atoms with Crippen molar-refractivity contribution in [3.8, 4) is 17.2 Å². The maximum Gasteiger partial charge on any atom is 0.311 e. The molecule has 1 fully saturated rings. The highest BCUT2D eigenvalue weighted by Gasteiger charge is 2.36. The van der Waals surface area contributed by atoms with Gasteiger partial charge in [-0.2, -0.15) is 0 Å². The Morgan fingerprint density at radius 3 is 2.56 bits per heavy atom. The molecule has 9 nitrogen and oxygen atoms in total. The zero-order chi connectivity index (χ0) is 28.5. The van der Waals surface area contributed by atoms with Gasteiger partial charge in [0.2, 0.25) is 0 Å². The minimum absolute atomic E-state index is 0.101. The van der Waals surface area contributed by atoms with Crippen molar-refractivity contribution in [3.05, 3.63) is 72.7 Å². The van der Waals surface area contributed by atoms with Gasteiger partial charge in [-0.05, 0) is 107 Å². The molecule has 0 aromatic heterocycles. The van der Waals surface area contributed by atoms with Gasteiger partial charge >= 0.3 is 5.69 Å². The fraction of sp³-hybridized carbons (Fsp3) is 0.379. The quantitative estimate of drug-likeness (QED) is 0.174.